The molecule has 0 spiro atoms. The largest absolute Gasteiger partial charge is 0.478 e. The van der Waals surface area contributed by atoms with Crippen molar-refractivity contribution < 1.29 is 9.90 Å². The number of nitrogens with zero attached hydrogens (tertiary/aromatic N) is 2. The topological polar surface area (TPSA) is 69.2 Å². The van der Waals surface area contributed by atoms with Crippen LogP contribution in [0.2, 0.25) is 0 Å². The SMILES string of the molecule is O=C(O)c1ccccc1CN1CCC[C@@H](Cc2ccn[nH]2)C1. The van der Waals surface area contributed by atoms with Crippen molar-refractivity contribution in [3.05, 3.63) is 53.3 Å². The maximum absolute atomic E-state index is 11.3. The molecule has 0 aliphatic carbocycles. The normalized spacial score (nSPS) is 19.2. The quantitative estimate of drug-likeness (QED) is 0.890. The van der Waals surface area contributed by atoms with E-state index in [1.165, 1.54) is 12.1 Å². The number of nitrogens with one attached hydrogen (secondary N) is 1. The lowest BCUT2D eigenvalue weighted by atomic mass is 9.93. The molecule has 1 fully saturated rings. The molecule has 5 heteroatoms. The minimum Gasteiger partial charge on any atom is -0.478 e. The molecule has 1 aliphatic heterocycles. The minimum atomic E-state index is -0.846. The van der Waals surface area contributed by atoms with Gasteiger partial charge in [-0.15, -0.1) is 0 Å². The van der Waals surface area contributed by atoms with Crippen LogP contribution in [-0.4, -0.2) is 39.3 Å². The Balaban J connectivity index is 1.64. The smallest absolute Gasteiger partial charge is 0.336 e. The number of H-pyrrole nitrogens is 1. The van der Waals surface area contributed by atoms with Gasteiger partial charge in [-0.25, -0.2) is 4.79 Å². The molecule has 2 N–H and O–H groups in total. The number of hydrogen-bond acceptors (Lipinski definition) is 3. The maximum atomic E-state index is 11.3. The zero-order chi connectivity index (χ0) is 15.4. The Morgan fingerprint density at radius 2 is 2.23 bits per heavy atom. The molecular weight excluding hydrogens is 278 g/mol. The number of carbonyl (C=O) groups is 1. The third-order valence-corrected chi connectivity index (χ3v) is 4.31. The summed E-state index contributed by atoms with van der Waals surface area (Å²) in [5.41, 5.74) is 2.49. The molecule has 5 nitrogen and oxygen atoms in total. The molecule has 0 radical (unpaired) electrons. The van der Waals surface area contributed by atoms with E-state index in [2.05, 4.69) is 15.1 Å². The summed E-state index contributed by atoms with van der Waals surface area (Å²) in [6.07, 6.45) is 5.18. The van der Waals surface area contributed by atoms with E-state index in [1.54, 1.807) is 18.3 Å². The molecule has 1 aromatic heterocycles. The van der Waals surface area contributed by atoms with Crippen LogP contribution in [0.3, 0.4) is 0 Å². The number of likely N-dealkylation sites (tertiary alicyclic amines) is 1. The Morgan fingerprint density at radius 1 is 1.36 bits per heavy atom. The molecular formula is C17H21N3O2. The fourth-order valence-corrected chi connectivity index (χ4v) is 3.28. The molecule has 1 aromatic carbocycles. The van der Waals surface area contributed by atoms with Crippen molar-refractivity contribution in [3.8, 4) is 0 Å². The summed E-state index contributed by atoms with van der Waals surface area (Å²) in [6, 6.07) is 9.32. The van der Waals surface area contributed by atoms with Gasteiger partial charge in [0.2, 0.25) is 0 Å². The first kappa shape index (κ1) is 14.8. The summed E-state index contributed by atoms with van der Waals surface area (Å²) in [5, 5.41) is 16.3. The third kappa shape index (κ3) is 3.54. The summed E-state index contributed by atoms with van der Waals surface area (Å²) >= 11 is 0. The van der Waals surface area contributed by atoms with E-state index in [0.717, 1.165) is 31.5 Å². The van der Waals surface area contributed by atoms with Gasteiger partial charge < -0.3 is 5.11 Å². The minimum absolute atomic E-state index is 0.415. The van der Waals surface area contributed by atoms with Crippen molar-refractivity contribution >= 4 is 5.97 Å². The van der Waals surface area contributed by atoms with Crippen LogP contribution in [0, 0.1) is 5.92 Å². The fraction of sp³-hybridized carbons (Fsp3) is 0.412. The number of carboxylic acid groups (broad SMARTS) is 1. The predicted octanol–water partition coefficient (Wildman–Crippen LogP) is 2.56. The number of aromatic amines is 1. The van der Waals surface area contributed by atoms with E-state index >= 15 is 0 Å². The molecule has 1 aliphatic rings. The molecule has 116 valence electrons. The highest BCUT2D eigenvalue weighted by molar-refractivity contribution is 5.89. The molecule has 1 saturated heterocycles. The van der Waals surface area contributed by atoms with E-state index in [0.29, 0.717) is 18.0 Å². The van der Waals surface area contributed by atoms with Crippen LogP contribution in [0.15, 0.2) is 36.5 Å². The van der Waals surface area contributed by atoms with Crippen molar-refractivity contribution in [1.29, 1.82) is 0 Å². The van der Waals surface area contributed by atoms with Crippen LogP contribution in [0.4, 0.5) is 0 Å². The molecule has 0 saturated carbocycles. The highest BCUT2D eigenvalue weighted by Crippen LogP contribution is 2.22. The van der Waals surface area contributed by atoms with Crippen molar-refractivity contribution in [3.63, 3.8) is 0 Å². The Hall–Kier alpha value is -2.14. The molecule has 3 rings (SSSR count). The molecule has 0 bridgehead atoms. The van der Waals surface area contributed by atoms with Gasteiger partial charge in [-0.1, -0.05) is 18.2 Å². The maximum Gasteiger partial charge on any atom is 0.336 e. The number of carboxylic acids is 1. The van der Waals surface area contributed by atoms with Gasteiger partial charge in [0.15, 0.2) is 0 Å². The molecule has 0 unspecified atom stereocenters. The molecule has 2 aromatic rings. The van der Waals surface area contributed by atoms with Gasteiger partial charge >= 0.3 is 5.97 Å². The summed E-state index contributed by atoms with van der Waals surface area (Å²) < 4.78 is 0. The average molecular weight is 299 g/mol. The first-order valence-corrected chi connectivity index (χ1v) is 7.74. The van der Waals surface area contributed by atoms with Gasteiger partial charge in [-0.2, -0.15) is 5.10 Å². The zero-order valence-corrected chi connectivity index (χ0v) is 12.5. The Kier molecular flexibility index (Phi) is 4.53. The molecule has 0 amide bonds. The molecule has 2 heterocycles. The van der Waals surface area contributed by atoms with Crippen LogP contribution in [0.5, 0.6) is 0 Å². The number of benzene rings is 1. The Bertz CT molecular complexity index is 625. The zero-order valence-electron chi connectivity index (χ0n) is 12.5. The lowest BCUT2D eigenvalue weighted by molar-refractivity contribution is 0.0693. The first-order chi connectivity index (χ1) is 10.7. The van der Waals surface area contributed by atoms with Gasteiger partial charge in [0.05, 0.1) is 5.56 Å². The van der Waals surface area contributed by atoms with Crippen LogP contribution in [0.1, 0.15) is 34.5 Å². The van der Waals surface area contributed by atoms with E-state index < -0.39 is 5.97 Å². The van der Waals surface area contributed by atoms with E-state index in [9.17, 15) is 9.90 Å². The summed E-state index contributed by atoms with van der Waals surface area (Å²) in [7, 11) is 0. The first-order valence-electron chi connectivity index (χ1n) is 7.74. The second-order valence-electron chi connectivity index (χ2n) is 5.99. The summed E-state index contributed by atoms with van der Waals surface area (Å²) in [6.45, 7) is 2.75. The highest BCUT2D eigenvalue weighted by Gasteiger charge is 2.22. The number of piperidine rings is 1. The average Bonchev–Trinajstić information content (AvgIpc) is 3.01. The van der Waals surface area contributed by atoms with Gasteiger partial charge in [-0.3, -0.25) is 10.00 Å². The Morgan fingerprint density at radius 3 is 3.00 bits per heavy atom. The second-order valence-corrected chi connectivity index (χ2v) is 5.99. The second kappa shape index (κ2) is 6.75. The van der Waals surface area contributed by atoms with Crippen LogP contribution >= 0.6 is 0 Å². The van der Waals surface area contributed by atoms with Crippen molar-refractivity contribution in [2.75, 3.05) is 13.1 Å². The van der Waals surface area contributed by atoms with Crippen molar-refractivity contribution in [2.45, 2.75) is 25.8 Å². The van der Waals surface area contributed by atoms with E-state index in [1.807, 2.05) is 18.2 Å². The molecule has 1 atom stereocenters. The van der Waals surface area contributed by atoms with Crippen molar-refractivity contribution in [1.82, 2.24) is 15.1 Å². The summed E-state index contributed by atoms with van der Waals surface area (Å²) in [4.78, 5) is 13.7. The molecule has 22 heavy (non-hydrogen) atoms. The highest BCUT2D eigenvalue weighted by atomic mass is 16.4. The Labute approximate surface area is 130 Å². The lowest BCUT2D eigenvalue weighted by Gasteiger charge is -2.32. The summed E-state index contributed by atoms with van der Waals surface area (Å²) in [5.74, 6) is -0.243. The lowest BCUT2D eigenvalue weighted by Crippen LogP contribution is -2.36. The van der Waals surface area contributed by atoms with E-state index in [4.69, 9.17) is 0 Å². The monoisotopic (exact) mass is 299 g/mol. The van der Waals surface area contributed by atoms with Gasteiger partial charge in [-0.05, 0) is 49.4 Å². The number of aromatic carboxylic acids is 1. The standard InChI is InChI=1S/C17H21N3O2/c21-17(22)16-6-2-1-5-14(16)12-20-9-3-4-13(11-20)10-15-7-8-18-19-15/h1-2,5-8,13H,3-4,9-12H2,(H,18,19)(H,21,22)/t13-/m0/s1. The third-order valence-electron chi connectivity index (χ3n) is 4.31. The van der Waals surface area contributed by atoms with Gasteiger partial charge in [0, 0.05) is 25.0 Å². The van der Waals surface area contributed by atoms with Gasteiger partial charge in [0.1, 0.15) is 0 Å². The predicted molar refractivity (Wildman–Crippen MR) is 83.7 cm³/mol. The fourth-order valence-electron chi connectivity index (χ4n) is 3.28. The van der Waals surface area contributed by atoms with E-state index in [-0.39, 0.29) is 0 Å². The van der Waals surface area contributed by atoms with Gasteiger partial charge in [0.25, 0.3) is 0 Å². The van der Waals surface area contributed by atoms with Crippen molar-refractivity contribution in [2.24, 2.45) is 5.92 Å². The van der Waals surface area contributed by atoms with Crippen LogP contribution in [0.25, 0.3) is 0 Å². The van der Waals surface area contributed by atoms with Crippen LogP contribution in [-0.2, 0) is 13.0 Å². The number of rotatable bonds is 5. The number of hydrogen-bond donors (Lipinski definition) is 2. The number of aromatic nitrogens is 2. The van der Waals surface area contributed by atoms with Crippen LogP contribution < -0.4 is 0 Å².